The van der Waals surface area contributed by atoms with Crippen molar-refractivity contribution in [2.45, 2.75) is 20.3 Å². The summed E-state index contributed by atoms with van der Waals surface area (Å²) in [5.41, 5.74) is 12.9. The minimum absolute atomic E-state index is 0.131. The first-order chi connectivity index (χ1) is 7.61. The third-order valence-corrected chi connectivity index (χ3v) is 2.41. The first kappa shape index (κ1) is 12.4. The van der Waals surface area contributed by atoms with Gasteiger partial charge >= 0.3 is 0 Å². The van der Waals surface area contributed by atoms with Crippen molar-refractivity contribution >= 4 is 5.96 Å². The van der Waals surface area contributed by atoms with E-state index in [1.807, 2.05) is 12.1 Å². The molecule has 0 saturated heterocycles. The van der Waals surface area contributed by atoms with Gasteiger partial charge < -0.3 is 16.2 Å². The van der Waals surface area contributed by atoms with Crippen molar-refractivity contribution in [3.05, 3.63) is 29.3 Å². The topological polar surface area (TPSA) is 73.6 Å². The highest BCUT2D eigenvalue weighted by atomic mass is 16.5. The molecule has 88 valence electrons. The van der Waals surface area contributed by atoms with E-state index in [4.69, 9.17) is 16.2 Å². The number of hydrogen-bond acceptors (Lipinski definition) is 2. The highest BCUT2D eigenvalue weighted by Crippen LogP contribution is 2.20. The van der Waals surface area contributed by atoms with E-state index in [1.54, 1.807) is 0 Å². The zero-order valence-corrected chi connectivity index (χ0v) is 9.86. The Balaban J connectivity index is 2.38. The molecule has 4 N–H and O–H groups in total. The predicted molar refractivity (Wildman–Crippen MR) is 66.7 cm³/mol. The molecule has 4 nitrogen and oxygen atoms in total. The Hall–Kier alpha value is -1.71. The van der Waals surface area contributed by atoms with E-state index in [1.165, 1.54) is 11.1 Å². The van der Waals surface area contributed by atoms with Crippen molar-refractivity contribution in [2.24, 2.45) is 16.5 Å². The molecule has 0 atom stereocenters. The Morgan fingerprint density at radius 2 is 2.06 bits per heavy atom. The summed E-state index contributed by atoms with van der Waals surface area (Å²) in [6, 6.07) is 6.04. The summed E-state index contributed by atoms with van der Waals surface area (Å²) in [5.74, 6) is 1.07. The molecular weight excluding hydrogens is 202 g/mol. The maximum absolute atomic E-state index is 5.65. The first-order valence-corrected chi connectivity index (χ1v) is 5.35. The summed E-state index contributed by atoms with van der Waals surface area (Å²) in [4.78, 5) is 3.89. The molecule has 16 heavy (non-hydrogen) atoms. The number of aryl methyl sites for hydroxylation is 1. The lowest BCUT2D eigenvalue weighted by Gasteiger charge is -2.09. The summed E-state index contributed by atoms with van der Waals surface area (Å²) in [7, 11) is 0. The van der Waals surface area contributed by atoms with E-state index in [2.05, 4.69) is 24.9 Å². The van der Waals surface area contributed by atoms with Crippen LogP contribution in [0.2, 0.25) is 0 Å². The van der Waals surface area contributed by atoms with Crippen LogP contribution in [0.1, 0.15) is 17.5 Å². The fraction of sp³-hybridized carbons (Fsp3) is 0.417. The largest absolute Gasteiger partial charge is 0.493 e. The monoisotopic (exact) mass is 221 g/mol. The summed E-state index contributed by atoms with van der Waals surface area (Å²) in [6.07, 6.45) is 0.811. The number of nitrogens with two attached hydrogens (primary N) is 2. The number of benzene rings is 1. The van der Waals surface area contributed by atoms with E-state index in [-0.39, 0.29) is 5.96 Å². The second-order valence-electron chi connectivity index (χ2n) is 3.71. The molecule has 4 heteroatoms. The van der Waals surface area contributed by atoms with Gasteiger partial charge in [0, 0.05) is 13.0 Å². The van der Waals surface area contributed by atoms with Crippen molar-refractivity contribution in [1.29, 1.82) is 0 Å². The van der Waals surface area contributed by atoms with Gasteiger partial charge in [0.25, 0.3) is 0 Å². The lowest BCUT2D eigenvalue weighted by atomic mass is 10.1. The molecule has 0 aromatic heterocycles. The Bertz CT molecular complexity index is 371. The smallest absolute Gasteiger partial charge is 0.185 e. The molecule has 1 rings (SSSR count). The highest BCUT2D eigenvalue weighted by Gasteiger charge is 2.00. The Labute approximate surface area is 96.3 Å². The number of guanidine groups is 1. The zero-order chi connectivity index (χ0) is 12.0. The van der Waals surface area contributed by atoms with E-state index >= 15 is 0 Å². The molecule has 0 spiro atoms. The predicted octanol–water partition coefficient (Wildman–Crippen LogP) is 1.35. The zero-order valence-electron chi connectivity index (χ0n) is 9.86. The molecular formula is C12H19N3O. The minimum Gasteiger partial charge on any atom is -0.493 e. The third kappa shape index (κ3) is 3.81. The Kier molecular flexibility index (Phi) is 4.64. The molecule has 0 saturated carbocycles. The van der Waals surface area contributed by atoms with Gasteiger partial charge in [-0.05, 0) is 31.0 Å². The van der Waals surface area contributed by atoms with Crippen LogP contribution in [0.5, 0.6) is 5.75 Å². The minimum atomic E-state index is 0.131. The van der Waals surface area contributed by atoms with Crippen LogP contribution in [0.15, 0.2) is 23.2 Å². The van der Waals surface area contributed by atoms with E-state index in [0.29, 0.717) is 13.2 Å². The molecule has 0 unspecified atom stereocenters. The van der Waals surface area contributed by atoms with E-state index < -0.39 is 0 Å². The summed E-state index contributed by atoms with van der Waals surface area (Å²) >= 11 is 0. The standard InChI is InChI=1S/C12H19N3O/c1-9-5-3-6-11(10(9)2)16-8-4-7-15-12(13)14/h3,5-6H,4,7-8H2,1-2H3,(H4,13,14,15). The molecule has 0 fully saturated rings. The second kappa shape index (κ2) is 6.00. The van der Waals surface area contributed by atoms with Gasteiger partial charge in [-0.1, -0.05) is 12.1 Å². The van der Waals surface area contributed by atoms with Crippen molar-refractivity contribution in [3.63, 3.8) is 0 Å². The molecule has 0 amide bonds. The maximum atomic E-state index is 5.65. The third-order valence-electron chi connectivity index (χ3n) is 2.41. The van der Waals surface area contributed by atoms with Crippen LogP contribution in [-0.4, -0.2) is 19.1 Å². The molecule has 0 heterocycles. The maximum Gasteiger partial charge on any atom is 0.185 e. The first-order valence-electron chi connectivity index (χ1n) is 5.35. The van der Waals surface area contributed by atoms with Crippen LogP contribution in [0.4, 0.5) is 0 Å². The average molecular weight is 221 g/mol. The van der Waals surface area contributed by atoms with Crippen molar-refractivity contribution in [3.8, 4) is 5.75 Å². The van der Waals surface area contributed by atoms with E-state index in [0.717, 1.165) is 12.2 Å². The van der Waals surface area contributed by atoms with Gasteiger partial charge in [-0.15, -0.1) is 0 Å². The summed E-state index contributed by atoms with van der Waals surface area (Å²) < 4.78 is 5.65. The Morgan fingerprint density at radius 1 is 1.31 bits per heavy atom. The fourth-order valence-corrected chi connectivity index (χ4v) is 1.34. The van der Waals surface area contributed by atoms with E-state index in [9.17, 15) is 0 Å². The lowest BCUT2D eigenvalue weighted by molar-refractivity contribution is 0.311. The summed E-state index contributed by atoms with van der Waals surface area (Å²) in [6.45, 7) is 5.36. The highest BCUT2D eigenvalue weighted by molar-refractivity contribution is 5.75. The Morgan fingerprint density at radius 3 is 2.75 bits per heavy atom. The molecule has 0 radical (unpaired) electrons. The summed E-state index contributed by atoms with van der Waals surface area (Å²) in [5, 5.41) is 0. The molecule has 0 aliphatic carbocycles. The van der Waals surface area contributed by atoms with Gasteiger partial charge in [0.2, 0.25) is 0 Å². The average Bonchev–Trinajstić information content (AvgIpc) is 2.23. The van der Waals surface area contributed by atoms with Gasteiger partial charge in [0.15, 0.2) is 5.96 Å². The SMILES string of the molecule is Cc1cccc(OCCCN=C(N)N)c1C. The fourth-order valence-electron chi connectivity index (χ4n) is 1.34. The lowest BCUT2D eigenvalue weighted by Crippen LogP contribution is -2.23. The van der Waals surface area contributed by atoms with Crippen molar-refractivity contribution in [1.82, 2.24) is 0 Å². The van der Waals surface area contributed by atoms with Crippen molar-refractivity contribution < 1.29 is 4.74 Å². The number of ether oxygens (including phenoxy) is 1. The molecule has 0 bridgehead atoms. The van der Waals surface area contributed by atoms with Crippen LogP contribution in [0.3, 0.4) is 0 Å². The van der Waals surface area contributed by atoms with Gasteiger partial charge in [0.1, 0.15) is 5.75 Å². The van der Waals surface area contributed by atoms with Crippen molar-refractivity contribution in [2.75, 3.05) is 13.2 Å². The number of rotatable bonds is 5. The number of aliphatic imine (C=N–C) groups is 1. The quantitative estimate of drug-likeness (QED) is 0.448. The van der Waals surface area contributed by atoms with Gasteiger partial charge in [-0.2, -0.15) is 0 Å². The van der Waals surface area contributed by atoms with Crippen LogP contribution >= 0.6 is 0 Å². The number of nitrogens with zero attached hydrogens (tertiary/aromatic N) is 1. The van der Waals surface area contributed by atoms with Crippen LogP contribution in [0.25, 0.3) is 0 Å². The van der Waals surface area contributed by atoms with Gasteiger partial charge in [0.05, 0.1) is 6.61 Å². The molecule has 1 aromatic rings. The van der Waals surface area contributed by atoms with Crippen LogP contribution in [-0.2, 0) is 0 Å². The molecule has 0 aliphatic heterocycles. The second-order valence-corrected chi connectivity index (χ2v) is 3.71. The molecule has 0 aliphatic rings. The molecule has 1 aromatic carbocycles. The van der Waals surface area contributed by atoms with Crippen LogP contribution < -0.4 is 16.2 Å². The normalized spacial score (nSPS) is 9.88. The van der Waals surface area contributed by atoms with Gasteiger partial charge in [-0.3, -0.25) is 4.99 Å². The van der Waals surface area contributed by atoms with Crippen LogP contribution in [0, 0.1) is 13.8 Å². The number of hydrogen-bond donors (Lipinski definition) is 2. The van der Waals surface area contributed by atoms with Gasteiger partial charge in [-0.25, -0.2) is 0 Å².